The summed E-state index contributed by atoms with van der Waals surface area (Å²) in [7, 11) is 6.01. The highest BCUT2D eigenvalue weighted by Gasteiger charge is 2.00. The molecule has 0 aliphatic heterocycles. The van der Waals surface area contributed by atoms with E-state index >= 15 is 0 Å². The quantitative estimate of drug-likeness (QED) is 0.873. The van der Waals surface area contributed by atoms with Crippen LogP contribution in [-0.4, -0.2) is 21.1 Å². The average Bonchev–Trinajstić information content (AvgIpc) is 2.47. The molecule has 0 radical (unpaired) electrons. The lowest BCUT2D eigenvalue weighted by atomic mass is 10.1. The summed E-state index contributed by atoms with van der Waals surface area (Å²) in [6.45, 7) is 1.49. The molecule has 0 saturated carbocycles. The molecule has 3 nitrogen and oxygen atoms in total. The zero-order chi connectivity index (χ0) is 14.4. The molecule has 1 N–H and O–H groups in total. The van der Waals surface area contributed by atoms with E-state index in [1.165, 1.54) is 11.1 Å². The van der Waals surface area contributed by atoms with E-state index in [-0.39, 0.29) is 0 Å². The summed E-state index contributed by atoms with van der Waals surface area (Å²) in [6, 6.07) is 16.6. The van der Waals surface area contributed by atoms with Gasteiger partial charge in [0.2, 0.25) is 0 Å². The van der Waals surface area contributed by atoms with Gasteiger partial charge in [-0.05, 0) is 30.3 Å². The summed E-state index contributed by atoms with van der Waals surface area (Å²) in [5, 5.41) is 3.14. The molecule has 2 aromatic carbocycles. The van der Waals surface area contributed by atoms with Crippen molar-refractivity contribution in [2.45, 2.75) is 13.2 Å². The van der Waals surface area contributed by atoms with E-state index in [1.807, 2.05) is 33.3 Å². The number of hydrogen-bond donors (Lipinski definition) is 1. The summed E-state index contributed by atoms with van der Waals surface area (Å²) in [4.78, 5) is 2.07. The van der Waals surface area contributed by atoms with Gasteiger partial charge in [0.1, 0.15) is 12.4 Å². The van der Waals surface area contributed by atoms with Gasteiger partial charge in [-0.2, -0.15) is 0 Å². The second kappa shape index (κ2) is 6.96. The monoisotopic (exact) mass is 270 g/mol. The normalized spacial score (nSPS) is 10.3. The van der Waals surface area contributed by atoms with Crippen LogP contribution in [0.1, 0.15) is 11.1 Å². The van der Waals surface area contributed by atoms with Crippen molar-refractivity contribution < 1.29 is 4.74 Å². The lowest BCUT2D eigenvalue weighted by Crippen LogP contribution is -2.08. The smallest absolute Gasteiger partial charge is 0.121 e. The lowest BCUT2D eigenvalue weighted by molar-refractivity contribution is 0.306. The number of benzene rings is 2. The largest absolute Gasteiger partial charge is 0.489 e. The first-order chi connectivity index (χ1) is 9.69. The second-order valence-electron chi connectivity index (χ2n) is 5.03. The molecule has 0 aromatic heterocycles. The first kappa shape index (κ1) is 14.4. The molecule has 0 aliphatic carbocycles. The van der Waals surface area contributed by atoms with Gasteiger partial charge in [-0.1, -0.05) is 30.3 Å². The van der Waals surface area contributed by atoms with Crippen LogP contribution >= 0.6 is 0 Å². The van der Waals surface area contributed by atoms with Crippen LogP contribution < -0.4 is 15.0 Å². The molecule has 0 bridgehead atoms. The molecule has 0 unspecified atom stereocenters. The van der Waals surface area contributed by atoms with Crippen molar-refractivity contribution in [2.75, 3.05) is 26.0 Å². The standard InChI is InChI=1S/C17H22N2O/c1-18-12-14-7-9-15(10-8-14)13-20-17-6-4-5-16(11-17)19(2)3/h4-11,18H,12-13H2,1-3H3. The van der Waals surface area contributed by atoms with Gasteiger partial charge < -0.3 is 15.0 Å². The Balaban J connectivity index is 1.96. The van der Waals surface area contributed by atoms with Crippen LogP contribution in [0.4, 0.5) is 5.69 Å². The van der Waals surface area contributed by atoms with Gasteiger partial charge in [0.15, 0.2) is 0 Å². The van der Waals surface area contributed by atoms with Crippen LogP contribution in [0.3, 0.4) is 0 Å². The highest BCUT2D eigenvalue weighted by Crippen LogP contribution is 2.20. The molecule has 2 rings (SSSR count). The molecule has 0 aliphatic rings. The molecule has 0 atom stereocenters. The van der Waals surface area contributed by atoms with Crippen molar-refractivity contribution in [1.82, 2.24) is 5.32 Å². The fourth-order valence-electron chi connectivity index (χ4n) is 1.98. The minimum Gasteiger partial charge on any atom is -0.489 e. The number of ether oxygens (including phenoxy) is 1. The van der Waals surface area contributed by atoms with E-state index in [1.54, 1.807) is 0 Å². The summed E-state index contributed by atoms with van der Waals surface area (Å²) in [6.07, 6.45) is 0. The maximum atomic E-state index is 5.84. The summed E-state index contributed by atoms with van der Waals surface area (Å²) >= 11 is 0. The average molecular weight is 270 g/mol. The Labute approximate surface area is 121 Å². The Morgan fingerprint density at radius 2 is 1.70 bits per heavy atom. The van der Waals surface area contributed by atoms with Crippen molar-refractivity contribution in [3.8, 4) is 5.75 Å². The Morgan fingerprint density at radius 1 is 1.00 bits per heavy atom. The van der Waals surface area contributed by atoms with Gasteiger partial charge in [0.25, 0.3) is 0 Å². The van der Waals surface area contributed by atoms with Crippen molar-refractivity contribution in [3.63, 3.8) is 0 Å². The van der Waals surface area contributed by atoms with E-state index in [0.29, 0.717) is 6.61 Å². The van der Waals surface area contributed by atoms with Gasteiger partial charge in [-0.15, -0.1) is 0 Å². The van der Waals surface area contributed by atoms with Crippen molar-refractivity contribution in [2.24, 2.45) is 0 Å². The number of anilines is 1. The topological polar surface area (TPSA) is 24.5 Å². The van der Waals surface area contributed by atoms with Crippen molar-refractivity contribution in [3.05, 3.63) is 59.7 Å². The van der Waals surface area contributed by atoms with Crippen LogP contribution in [0.15, 0.2) is 48.5 Å². The Morgan fingerprint density at radius 3 is 2.35 bits per heavy atom. The first-order valence-corrected chi connectivity index (χ1v) is 6.81. The third-order valence-corrected chi connectivity index (χ3v) is 3.14. The van der Waals surface area contributed by atoms with Gasteiger partial charge in [-0.25, -0.2) is 0 Å². The molecule has 0 fully saturated rings. The summed E-state index contributed by atoms with van der Waals surface area (Å²) in [5.74, 6) is 0.899. The SMILES string of the molecule is CNCc1ccc(COc2cccc(N(C)C)c2)cc1. The number of hydrogen-bond acceptors (Lipinski definition) is 3. The third-order valence-electron chi connectivity index (χ3n) is 3.14. The molecule has 2 aromatic rings. The number of rotatable bonds is 6. The van der Waals surface area contributed by atoms with Gasteiger partial charge in [0, 0.05) is 32.4 Å². The van der Waals surface area contributed by atoms with E-state index in [2.05, 4.69) is 46.6 Å². The lowest BCUT2D eigenvalue weighted by Gasteiger charge is -2.14. The molecule has 3 heteroatoms. The van der Waals surface area contributed by atoms with E-state index in [0.717, 1.165) is 18.0 Å². The maximum Gasteiger partial charge on any atom is 0.121 e. The molecule has 0 spiro atoms. The summed E-state index contributed by atoms with van der Waals surface area (Å²) < 4.78 is 5.84. The number of nitrogens with zero attached hydrogens (tertiary/aromatic N) is 1. The molecule has 0 heterocycles. The third kappa shape index (κ3) is 4.00. The predicted molar refractivity (Wildman–Crippen MR) is 84.3 cm³/mol. The predicted octanol–water partition coefficient (Wildman–Crippen LogP) is 3.05. The van der Waals surface area contributed by atoms with Crippen LogP contribution in [0, 0.1) is 0 Å². The van der Waals surface area contributed by atoms with E-state index in [4.69, 9.17) is 4.74 Å². The Bertz CT molecular complexity index is 535. The van der Waals surface area contributed by atoms with E-state index < -0.39 is 0 Å². The number of nitrogens with one attached hydrogen (secondary N) is 1. The molecular weight excluding hydrogens is 248 g/mol. The molecular formula is C17H22N2O. The Kier molecular flexibility index (Phi) is 5.02. The van der Waals surface area contributed by atoms with Gasteiger partial charge in [0.05, 0.1) is 0 Å². The van der Waals surface area contributed by atoms with Gasteiger partial charge >= 0.3 is 0 Å². The minimum atomic E-state index is 0.594. The molecule has 106 valence electrons. The van der Waals surface area contributed by atoms with Crippen LogP contribution in [0.5, 0.6) is 5.75 Å². The zero-order valence-corrected chi connectivity index (χ0v) is 12.4. The second-order valence-corrected chi connectivity index (χ2v) is 5.03. The van der Waals surface area contributed by atoms with Crippen LogP contribution in [0.2, 0.25) is 0 Å². The fraction of sp³-hybridized carbons (Fsp3) is 0.294. The summed E-state index contributed by atoms with van der Waals surface area (Å²) in [5.41, 5.74) is 3.61. The van der Waals surface area contributed by atoms with Crippen LogP contribution in [-0.2, 0) is 13.2 Å². The van der Waals surface area contributed by atoms with Crippen molar-refractivity contribution in [1.29, 1.82) is 0 Å². The van der Waals surface area contributed by atoms with Crippen LogP contribution in [0.25, 0.3) is 0 Å². The fourth-order valence-corrected chi connectivity index (χ4v) is 1.98. The molecule has 20 heavy (non-hydrogen) atoms. The first-order valence-electron chi connectivity index (χ1n) is 6.81. The Hall–Kier alpha value is -2.00. The molecule has 0 amide bonds. The highest BCUT2D eigenvalue weighted by molar-refractivity contribution is 5.49. The van der Waals surface area contributed by atoms with Crippen molar-refractivity contribution >= 4 is 5.69 Å². The maximum absolute atomic E-state index is 5.84. The minimum absolute atomic E-state index is 0.594. The zero-order valence-electron chi connectivity index (χ0n) is 12.4. The molecule has 0 saturated heterocycles. The van der Waals surface area contributed by atoms with Gasteiger partial charge in [-0.3, -0.25) is 0 Å². The van der Waals surface area contributed by atoms with E-state index in [9.17, 15) is 0 Å². The highest BCUT2D eigenvalue weighted by atomic mass is 16.5.